The van der Waals surface area contributed by atoms with Crippen LogP contribution in [0, 0.1) is 12.7 Å². The molecular weight excluding hydrogens is 331 g/mol. The molecule has 2 heterocycles. The first-order chi connectivity index (χ1) is 12.6. The number of nitrogens with one attached hydrogen (secondary N) is 2. The van der Waals surface area contributed by atoms with Gasteiger partial charge in [-0.1, -0.05) is 24.3 Å². The first-order valence-electron chi connectivity index (χ1n) is 8.17. The molecule has 0 saturated carbocycles. The number of H-pyrrole nitrogens is 1. The molecule has 4 N–H and O–H groups in total. The van der Waals surface area contributed by atoms with Crippen LogP contribution in [0.15, 0.2) is 54.6 Å². The van der Waals surface area contributed by atoms with Gasteiger partial charge in [0.15, 0.2) is 11.6 Å². The molecule has 0 aliphatic heterocycles. The van der Waals surface area contributed by atoms with E-state index in [9.17, 15) is 4.39 Å². The second kappa shape index (κ2) is 6.53. The lowest BCUT2D eigenvalue weighted by molar-refractivity contribution is 0.626. The topological polar surface area (TPSA) is 92.5 Å². The Morgan fingerprint density at radius 3 is 2.58 bits per heavy atom. The van der Waals surface area contributed by atoms with Crippen molar-refractivity contribution < 1.29 is 4.39 Å². The van der Waals surface area contributed by atoms with Crippen molar-refractivity contribution in [1.29, 1.82) is 0 Å². The highest BCUT2D eigenvalue weighted by Gasteiger charge is 2.16. The number of hydrogen-bond acceptors (Lipinski definition) is 5. The molecule has 2 aromatic heterocycles. The molecule has 2 aromatic carbocycles. The fourth-order valence-corrected chi connectivity index (χ4v) is 2.75. The van der Waals surface area contributed by atoms with Crippen LogP contribution in [0.5, 0.6) is 0 Å². The number of nitrogens with zero attached hydrogens (tertiary/aromatic N) is 3. The number of anilines is 2. The molecular formula is C19H17FN6. The van der Waals surface area contributed by atoms with Gasteiger partial charge in [0.25, 0.3) is 0 Å². The van der Waals surface area contributed by atoms with Gasteiger partial charge >= 0.3 is 0 Å². The molecule has 0 aliphatic rings. The van der Waals surface area contributed by atoms with E-state index in [1.807, 2.05) is 37.3 Å². The number of aromatic nitrogens is 4. The molecule has 130 valence electrons. The molecule has 1 unspecified atom stereocenters. The lowest BCUT2D eigenvalue weighted by atomic mass is 10.1. The fraction of sp³-hybridized carbons (Fsp3) is 0.105. The summed E-state index contributed by atoms with van der Waals surface area (Å²) >= 11 is 0. The van der Waals surface area contributed by atoms with Gasteiger partial charge in [-0.2, -0.15) is 5.10 Å². The lowest BCUT2D eigenvalue weighted by Gasteiger charge is -2.14. The summed E-state index contributed by atoms with van der Waals surface area (Å²) in [6.45, 7) is 1.92. The Kier molecular flexibility index (Phi) is 4.06. The van der Waals surface area contributed by atoms with Crippen LogP contribution in [0.2, 0.25) is 0 Å². The Bertz CT molecular complexity index is 1060. The normalized spacial score (nSPS) is 12.3. The van der Waals surface area contributed by atoms with Gasteiger partial charge in [0.1, 0.15) is 11.6 Å². The number of rotatable bonds is 4. The molecule has 7 heteroatoms. The van der Waals surface area contributed by atoms with E-state index in [1.165, 1.54) is 12.1 Å². The first kappa shape index (κ1) is 16.2. The van der Waals surface area contributed by atoms with Crippen LogP contribution in [0.1, 0.15) is 23.1 Å². The van der Waals surface area contributed by atoms with Crippen LogP contribution < -0.4 is 11.1 Å². The van der Waals surface area contributed by atoms with Gasteiger partial charge in [0, 0.05) is 17.1 Å². The van der Waals surface area contributed by atoms with Crippen LogP contribution in [0.4, 0.5) is 16.0 Å². The van der Waals surface area contributed by atoms with Crippen molar-refractivity contribution in [1.82, 2.24) is 20.2 Å². The number of hydrogen-bond donors (Lipinski definition) is 3. The summed E-state index contributed by atoms with van der Waals surface area (Å²) in [6.07, 6.45) is 0. The standard InChI is InChI=1S/C19H17FN6/c1-11-10-16(26-25-11)23-18-14-4-2-3-5-15(14)22-19(24-18)17(21)12-6-8-13(20)9-7-12/h2-10,17H,21H2,1H3,(H2,22,23,24,25,26). The average molecular weight is 348 g/mol. The number of aromatic amines is 1. The van der Waals surface area contributed by atoms with Crippen molar-refractivity contribution >= 4 is 22.5 Å². The van der Waals surface area contributed by atoms with E-state index in [2.05, 4.69) is 25.5 Å². The maximum atomic E-state index is 13.2. The zero-order chi connectivity index (χ0) is 18.1. The van der Waals surface area contributed by atoms with Gasteiger partial charge < -0.3 is 11.1 Å². The number of fused-ring (bicyclic) bond motifs is 1. The van der Waals surface area contributed by atoms with Crippen molar-refractivity contribution in [2.24, 2.45) is 5.73 Å². The van der Waals surface area contributed by atoms with E-state index in [0.29, 0.717) is 17.5 Å². The Balaban J connectivity index is 1.79. The van der Waals surface area contributed by atoms with Gasteiger partial charge in [-0.25, -0.2) is 14.4 Å². The minimum atomic E-state index is -0.568. The first-order valence-corrected chi connectivity index (χ1v) is 8.17. The number of halogens is 1. The van der Waals surface area contributed by atoms with Crippen molar-refractivity contribution in [2.45, 2.75) is 13.0 Å². The Labute approximate surface area is 149 Å². The summed E-state index contributed by atoms with van der Waals surface area (Å²) in [5.74, 6) is 1.42. The van der Waals surface area contributed by atoms with Crippen molar-refractivity contribution in [3.05, 3.63) is 77.5 Å². The van der Waals surface area contributed by atoms with Crippen LogP contribution in [-0.2, 0) is 0 Å². The fourth-order valence-electron chi connectivity index (χ4n) is 2.75. The maximum absolute atomic E-state index is 13.2. The Morgan fingerprint density at radius 2 is 1.85 bits per heavy atom. The molecule has 0 saturated heterocycles. The van der Waals surface area contributed by atoms with E-state index in [1.54, 1.807) is 12.1 Å². The van der Waals surface area contributed by atoms with Gasteiger partial charge in [0.2, 0.25) is 0 Å². The summed E-state index contributed by atoms with van der Waals surface area (Å²) in [6, 6.07) is 15.0. The van der Waals surface area contributed by atoms with Crippen molar-refractivity contribution in [3.63, 3.8) is 0 Å². The van der Waals surface area contributed by atoms with Gasteiger partial charge in [-0.3, -0.25) is 5.10 Å². The Hall–Kier alpha value is -3.32. The van der Waals surface area contributed by atoms with Crippen LogP contribution in [0.3, 0.4) is 0 Å². The summed E-state index contributed by atoms with van der Waals surface area (Å²) in [5.41, 5.74) is 8.77. The molecule has 4 aromatic rings. The van der Waals surface area contributed by atoms with E-state index in [0.717, 1.165) is 22.2 Å². The molecule has 0 spiro atoms. The highest BCUT2D eigenvalue weighted by molar-refractivity contribution is 5.90. The highest BCUT2D eigenvalue weighted by atomic mass is 19.1. The molecule has 0 fully saturated rings. The lowest BCUT2D eigenvalue weighted by Crippen LogP contribution is -2.16. The third-order valence-corrected chi connectivity index (χ3v) is 4.08. The number of nitrogens with two attached hydrogens (primary N) is 1. The predicted octanol–water partition coefficient (Wildman–Crippen LogP) is 3.59. The quantitative estimate of drug-likeness (QED) is 0.524. The third-order valence-electron chi connectivity index (χ3n) is 4.08. The summed E-state index contributed by atoms with van der Waals surface area (Å²) in [7, 11) is 0. The summed E-state index contributed by atoms with van der Waals surface area (Å²) in [4.78, 5) is 9.19. The minimum absolute atomic E-state index is 0.309. The Morgan fingerprint density at radius 1 is 1.08 bits per heavy atom. The largest absolute Gasteiger partial charge is 0.323 e. The SMILES string of the molecule is Cc1cc(Nc2nc(C(N)c3ccc(F)cc3)nc3ccccc23)n[nH]1. The van der Waals surface area contributed by atoms with Crippen molar-refractivity contribution in [3.8, 4) is 0 Å². The smallest absolute Gasteiger partial charge is 0.153 e. The van der Waals surface area contributed by atoms with E-state index in [4.69, 9.17) is 5.73 Å². The monoisotopic (exact) mass is 348 g/mol. The molecule has 0 aliphatic carbocycles. The zero-order valence-corrected chi connectivity index (χ0v) is 14.1. The van der Waals surface area contributed by atoms with Crippen LogP contribution >= 0.6 is 0 Å². The summed E-state index contributed by atoms with van der Waals surface area (Å²) < 4.78 is 13.2. The molecule has 1 atom stereocenters. The molecule has 0 radical (unpaired) electrons. The summed E-state index contributed by atoms with van der Waals surface area (Å²) in [5, 5.41) is 11.2. The van der Waals surface area contributed by atoms with E-state index < -0.39 is 6.04 Å². The van der Waals surface area contributed by atoms with E-state index in [-0.39, 0.29) is 5.82 Å². The molecule has 4 rings (SSSR count). The molecule has 26 heavy (non-hydrogen) atoms. The van der Waals surface area contributed by atoms with Crippen molar-refractivity contribution in [2.75, 3.05) is 5.32 Å². The van der Waals surface area contributed by atoms with Gasteiger partial charge in [-0.05, 0) is 36.8 Å². The molecule has 0 bridgehead atoms. The van der Waals surface area contributed by atoms with Crippen LogP contribution in [-0.4, -0.2) is 20.2 Å². The van der Waals surface area contributed by atoms with Crippen LogP contribution in [0.25, 0.3) is 10.9 Å². The van der Waals surface area contributed by atoms with Gasteiger partial charge in [0.05, 0.1) is 11.6 Å². The minimum Gasteiger partial charge on any atom is -0.323 e. The molecule has 0 amide bonds. The second-order valence-electron chi connectivity index (χ2n) is 6.04. The number of benzene rings is 2. The number of para-hydroxylation sites is 1. The molecule has 6 nitrogen and oxygen atoms in total. The van der Waals surface area contributed by atoms with Gasteiger partial charge in [-0.15, -0.1) is 0 Å². The second-order valence-corrected chi connectivity index (χ2v) is 6.04. The zero-order valence-electron chi connectivity index (χ0n) is 14.1. The van der Waals surface area contributed by atoms with E-state index >= 15 is 0 Å². The maximum Gasteiger partial charge on any atom is 0.153 e. The highest BCUT2D eigenvalue weighted by Crippen LogP contribution is 2.26. The third kappa shape index (κ3) is 3.12. The predicted molar refractivity (Wildman–Crippen MR) is 98.6 cm³/mol. The average Bonchev–Trinajstić information content (AvgIpc) is 3.06. The number of aryl methyl sites for hydroxylation is 1.